The number of rotatable bonds is 8. The molecule has 32 heavy (non-hydrogen) atoms. The van der Waals surface area contributed by atoms with Crippen LogP contribution in [0, 0.1) is 5.82 Å². The van der Waals surface area contributed by atoms with Crippen LogP contribution in [0.2, 0.25) is 5.02 Å². The second-order valence-corrected chi connectivity index (χ2v) is 7.86. The van der Waals surface area contributed by atoms with Gasteiger partial charge in [-0.15, -0.1) is 12.6 Å². The van der Waals surface area contributed by atoms with Crippen molar-refractivity contribution >= 4 is 29.9 Å². The highest BCUT2D eigenvalue weighted by Gasteiger charge is 2.21. The lowest BCUT2D eigenvalue weighted by molar-refractivity contribution is 0.0173. The predicted octanol–water partition coefficient (Wildman–Crippen LogP) is 5.64. The summed E-state index contributed by atoms with van der Waals surface area (Å²) in [5.74, 6) is 0.580. The van der Waals surface area contributed by atoms with Gasteiger partial charge >= 0.3 is 0 Å². The van der Waals surface area contributed by atoms with E-state index in [-0.39, 0.29) is 11.9 Å². The molecule has 0 aliphatic carbocycles. The maximum Gasteiger partial charge on any atom is 0.130 e. The number of allylic oxidation sites excluding steroid dienone is 3. The lowest BCUT2D eigenvalue weighted by Crippen LogP contribution is -2.25. The van der Waals surface area contributed by atoms with Crippen LogP contribution in [0.15, 0.2) is 54.0 Å². The van der Waals surface area contributed by atoms with Crippen LogP contribution in [0.4, 0.5) is 4.39 Å². The van der Waals surface area contributed by atoms with E-state index in [2.05, 4.69) is 36.4 Å². The van der Waals surface area contributed by atoms with Crippen LogP contribution >= 0.6 is 24.2 Å². The number of nitrogens with zero attached hydrogens (tertiary/aromatic N) is 2. The summed E-state index contributed by atoms with van der Waals surface area (Å²) < 4.78 is 15.0. The Balaban J connectivity index is 0.00000176. The van der Waals surface area contributed by atoms with Crippen molar-refractivity contribution < 1.29 is 9.23 Å². The molecule has 1 fully saturated rings. The largest absolute Gasteiger partial charge is 0.336 e. The molecule has 0 radical (unpaired) electrons. The van der Waals surface area contributed by atoms with Gasteiger partial charge in [0.15, 0.2) is 0 Å². The van der Waals surface area contributed by atoms with Crippen molar-refractivity contribution in [1.82, 2.24) is 20.6 Å². The summed E-state index contributed by atoms with van der Waals surface area (Å²) in [6, 6.07) is 3.19. The van der Waals surface area contributed by atoms with Crippen LogP contribution in [0.25, 0.3) is 5.70 Å². The van der Waals surface area contributed by atoms with Gasteiger partial charge in [0.1, 0.15) is 11.6 Å². The molecular weight excluding hydrogens is 447 g/mol. The highest BCUT2D eigenvalue weighted by Crippen LogP contribution is 2.29. The first-order chi connectivity index (χ1) is 15.5. The van der Waals surface area contributed by atoms with E-state index in [1.54, 1.807) is 11.5 Å². The summed E-state index contributed by atoms with van der Waals surface area (Å²) in [5.41, 5.74) is 4.47. The zero-order valence-electron chi connectivity index (χ0n) is 19.2. The molecule has 8 heteroatoms. The first-order valence-corrected chi connectivity index (χ1v) is 11.9. The van der Waals surface area contributed by atoms with Gasteiger partial charge in [-0.25, -0.2) is 4.39 Å². The van der Waals surface area contributed by atoms with Crippen LogP contribution in [0.3, 0.4) is 0 Å². The van der Waals surface area contributed by atoms with Crippen molar-refractivity contribution in [3.05, 3.63) is 76.0 Å². The predicted molar refractivity (Wildman–Crippen MR) is 135 cm³/mol. The van der Waals surface area contributed by atoms with Crippen LogP contribution in [0.5, 0.6) is 0 Å². The fraction of sp³-hybridized carbons (Fsp3) is 0.417. The molecule has 176 valence electrons. The van der Waals surface area contributed by atoms with Gasteiger partial charge in [0.2, 0.25) is 0 Å². The number of hydrogen-bond donors (Lipinski definition) is 3. The third-order valence-electron chi connectivity index (χ3n) is 5.00. The molecule has 0 bridgehead atoms. The zero-order valence-corrected chi connectivity index (χ0v) is 20.9. The summed E-state index contributed by atoms with van der Waals surface area (Å²) in [5, 5.41) is 5.13. The van der Waals surface area contributed by atoms with E-state index in [0.29, 0.717) is 28.4 Å². The molecular formula is C24H34ClFN4OS. The Labute approximate surface area is 202 Å². The van der Waals surface area contributed by atoms with Crippen LogP contribution in [-0.2, 0) is 11.4 Å². The molecule has 1 aromatic carbocycles. The Hall–Kier alpha value is -1.93. The number of benzene rings is 1. The number of hydrogen-bond acceptors (Lipinski definition) is 6. The SMILES string of the molecule is CC.CC/C=C/C=C1\N(C)C=CN1Cc1c(F)cc(/C(=C/S)NOC2CCNC2)cc1Cl. The Morgan fingerprint density at radius 3 is 2.78 bits per heavy atom. The molecule has 0 aromatic heterocycles. The van der Waals surface area contributed by atoms with Crippen LogP contribution in [-0.4, -0.2) is 36.0 Å². The van der Waals surface area contributed by atoms with Gasteiger partial charge in [0.25, 0.3) is 0 Å². The average Bonchev–Trinajstić information content (AvgIpc) is 3.43. The first-order valence-electron chi connectivity index (χ1n) is 11.0. The Kier molecular flexibility index (Phi) is 11.2. The maximum absolute atomic E-state index is 15.0. The van der Waals surface area contributed by atoms with E-state index < -0.39 is 0 Å². The van der Waals surface area contributed by atoms with Crippen molar-refractivity contribution in [2.45, 2.75) is 46.3 Å². The summed E-state index contributed by atoms with van der Waals surface area (Å²) in [6.45, 7) is 8.11. The molecule has 2 aliphatic heterocycles. The molecule has 5 nitrogen and oxygen atoms in total. The molecule has 1 saturated heterocycles. The number of thiol groups is 1. The summed E-state index contributed by atoms with van der Waals surface area (Å²) in [6.07, 6.45) is 11.9. The fourth-order valence-electron chi connectivity index (χ4n) is 3.29. The third kappa shape index (κ3) is 7.04. The van der Waals surface area contributed by atoms with Crippen molar-refractivity contribution in [2.24, 2.45) is 0 Å². The topological polar surface area (TPSA) is 39.8 Å². The van der Waals surface area contributed by atoms with E-state index in [4.69, 9.17) is 16.4 Å². The number of hydroxylamine groups is 1. The van der Waals surface area contributed by atoms with Crippen LogP contribution < -0.4 is 10.8 Å². The van der Waals surface area contributed by atoms with E-state index in [1.807, 2.05) is 55.2 Å². The molecule has 2 aliphatic rings. The zero-order chi connectivity index (χ0) is 23.5. The summed E-state index contributed by atoms with van der Waals surface area (Å²) in [4.78, 5) is 9.62. The number of halogens is 2. The molecule has 2 heterocycles. The second kappa shape index (κ2) is 13.6. The van der Waals surface area contributed by atoms with Crippen molar-refractivity contribution in [3.63, 3.8) is 0 Å². The van der Waals surface area contributed by atoms with E-state index in [9.17, 15) is 0 Å². The lowest BCUT2D eigenvalue weighted by atomic mass is 10.1. The monoisotopic (exact) mass is 480 g/mol. The molecule has 0 spiro atoms. The van der Waals surface area contributed by atoms with Crippen molar-refractivity contribution in [3.8, 4) is 0 Å². The fourth-order valence-corrected chi connectivity index (χ4v) is 3.76. The minimum Gasteiger partial charge on any atom is -0.336 e. The van der Waals surface area contributed by atoms with Crippen LogP contribution in [0.1, 0.15) is 44.7 Å². The van der Waals surface area contributed by atoms with Crippen molar-refractivity contribution in [2.75, 3.05) is 20.1 Å². The molecule has 1 unspecified atom stereocenters. The van der Waals surface area contributed by atoms with Gasteiger partial charge in [-0.05, 0) is 43.0 Å². The van der Waals surface area contributed by atoms with Gasteiger partial charge < -0.3 is 15.1 Å². The Morgan fingerprint density at radius 1 is 1.38 bits per heavy atom. The van der Waals surface area contributed by atoms with Crippen molar-refractivity contribution in [1.29, 1.82) is 0 Å². The highest BCUT2D eigenvalue weighted by atomic mass is 35.5. The van der Waals surface area contributed by atoms with Gasteiger partial charge in [-0.2, -0.15) is 0 Å². The molecule has 1 aromatic rings. The molecule has 0 amide bonds. The number of nitrogens with one attached hydrogen (secondary N) is 2. The Morgan fingerprint density at radius 2 is 2.16 bits per heavy atom. The molecule has 1 atom stereocenters. The quantitative estimate of drug-likeness (QED) is 0.331. The first kappa shape index (κ1) is 26.3. The maximum atomic E-state index is 15.0. The normalized spacial score (nSPS) is 19.8. The standard InChI is InChI=1S/C22H28ClFN4OS.C2H6/c1-3-4-5-6-22-27(2)9-10-28(22)14-18-19(23)11-16(12-20(18)24)21(15-30)26-29-17-7-8-25-13-17;1-2/h4-6,9-12,15,17,25-26,30H,3,7-8,13-14H2,1-2H3;1-2H3/b5-4+,21-15-,22-6+;. The minimum atomic E-state index is -0.374. The van der Waals surface area contributed by atoms with Gasteiger partial charge in [0, 0.05) is 42.1 Å². The molecule has 3 rings (SSSR count). The van der Waals surface area contributed by atoms with E-state index >= 15 is 4.39 Å². The molecule has 0 saturated carbocycles. The lowest BCUT2D eigenvalue weighted by Gasteiger charge is -2.23. The van der Waals surface area contributed by atoms with E-state index in [0.717, 1.165) is 31.8 Å². The van der Waals surface area contributed by atoms with Gasteiger partial charge in [-0.1, -0.05) is 44.5 Å². The van der Waals surface area contributed by atoms with Gasteiger partial charge in [-0.3, -0.25) is 10.3 Å². The van der Waals surface area contributed by atoms with Gasteiger partial charge in [0.05, 0.1) is 18.3 Å². The van der Waals surface area contributed by atoms with E-state index in [1.165, 1.54) is 6.07 Å². The second-order valence-electron chi connectivity index (χ2n) is 7.19. The average molecular weight is 481 g/mol. The minimum absolute atomic E-state index is 0.0683. The smallest absolute Gasteiger partial charge is 0.130 e. The Bertz CT molecular complexity index is 843. The highest BCUT2D eigenvalue weighted by molar-refractivity contribution is 7.83. The summed E-state index contributed by atoms with van der Waals surface area (Å²) >= 11 is 10.7. The summed E-state index contributed by atoms with van der Waals surface area (Å²) in [7, 11) is 1.96. The molecule has 2 N–H and O–H groups in total. The third-order valence-corrected chi connectivity index (χ3v) is 5.60.